The molecule has 1 heterocycles. The normalized spacial score (nSPS) is 21.6. The van der Waals surface area contributed by atoms with Crippen molar-refractivity contribution in [3.05, 3.63) is 0 Å². The van der Waals surface area contributed by atoms with E-state index in [9.17, 15) is 0 Å². The van der Waals surface area contributed by atoms with Crippen LogP contribution in [-0.4, -0.2) is 49.3 Å². The molecule has 0 bridgehead atoms. The van der Waals surface area contributed by atoms with Gasteiger partial charge in [-0.3, -0.25) is 0 Å². The molecule has 0 aromatic carbocycles. The highest BCUT2D eigenvalue weighted by molar-refractivity contribution is 4.76. The largest absolute Gasteiger partial charge is 0.396 e. The van der Waals surface area contributed by atoms with Crippen molar-refractivity contribution in [3.63, 3.8) is 0 Å². The molecule has 96 valence electrons. The van der Waals surface area contributed by atoms with Gasteiger partial charge in [0.15, 0.2) is 0 Å². The summed E-state index contributed by atoms with van der Waals surface area (Å²) in [4.78, 5) is 2.41. The first-order valence-electron chi connectivity index (χ1n) is 6.66. The van der Waals surface area contributed by atoms with Crippen molar-refractivity contribution in [2.24, 2.45) is 11.8 Å². The molecule has 1 aliphatic rings. The van der Waals surface area contributed by atoms with Gasteiger partial charge in [-0.25, -0.2) is 0 Å². The minimum atomic E-state index is 0.295. The van der Waals surface area contributed by atoms with Gasteiger partial charge in [0.05, 0.1) is 0 Å². The van der Waals surface area contributed by atoms with E-state index < -0.39 is 0 Å². The van der Waals surface area contributed by atoms with E-state index in [1.807, 2.05) is 0 Å². The van der Waals surface area contributed by atoms with Crippen LogP contribution in [0.4, 0.5) is 0 Å². The van der Waals surface area contributed by atoms with E-state index in [2.05, 4.69) is 31.1 Å². The van der Waals surface area contributed by atoms with Gasteiger partial charge >= 0.3 is 0 Å². The average molecular weight is 228 g/mol. The second-order valence-corrected chi connectivity index (χ2v) is 5.52. The van der Waals surface area contributed by atoms with Gasteiger partial charge in [-0.2, -0.15) is 0 Å². The number of likely N-dealkylation sites (tertiary alicyclic amines) is 1. The average Bonchev–Trinajstić information content (AvgIpc) is 2.26. The van der Waals surface area contributed by atoms with Crippen LogP contribution >= 0.6 is 0 Å². The summed E-state index contributed by atoms with van der Waals surface area (Å²) in [6.45, 7) is 8.33. The van der Waals surface area contributed by atoms with Crippen molar-refractivity contribution in [3.8, 4) is 0 Å². The fourth-order valence-corrected chi connectivity index (χ4v) is 2.39. The number of nitrogens with one attached hydrogen (secondary N) is 1. The van der Waals surface area contributed by atoms with Gasteiger partial charge in [-0.1, -0.05) is 13.8 Å². The number of aliphatic hydroxyl groups excluding tert-OH is 1. The van der Waals surface area contributed by atoms with Crippen LogP contribution in [0.3, 0.4) is 0 Å². The van der Waals surface area contributed by atoms with E-state index in [1.54, 1.807) is 0 Å². The zero-order valence-electron chi connectivity index (χ0n) is 11.1. The summed E-state index contributed by atoms with van der Waals surface area (Å²) in [5.74, 6) is 1.44. The first-order valence-corrected chi connectivity index (χ1v) is 6.66. The Morgan fingerprint density at radius 1 is 1.31 bits per heavy atom. The minimum absolute atomic E-state index is 0.295. The summed E-state index contributed by atoms with van der Waals surface area (Å²) in [7, 11) is 2.20. The molecule has 0 aromatic rings. The zero-order chi connectivity index (χ0) is 12.0. The quantitative estimate of drug-likeness (QED) is 0.720. The number of hydrogen-bond donors (Lipinski definition) is 2. The van der Waals surface area contributed by atoms with Crippen molar-refractivity contribution in [2.75, 3.05) is 33.3 Å². The molecule has 0 aromatic heterocycles. The first-order chi connectivity index (χ1) is 7.63. The molecule has 1 rings (SSSR count). The van der Waals surface area contributed by atoms with E-state index >= 15 is 0 Å². The van der Waals surface area contributed by atoms with Gasteiger partial charge in [0.1, 0.15) is 0 Å². The summed E-state index contributed by atoms with van der Waals surface area (Å²) < 4.78 is 0. The Balaban J connectivity index is 2.21. The van der Waals surface area contributed by atoms with E-state index in [0.29, 0.717) is 18.6 Å². The van der Waals surface area contributed by atoms with Gasteiger partial charge in [0, 0.05) is 12.6 Å². The highest BCUT2D eigenvalue weighted by Gasteiger charge is 2.19. The monoisotopic (exact) mass is 228 g/mol. The molecule has 3 heteroatoms. The number of rotatable bonds is 6. The van der Waals surface area contributed by atoms with Crippen molar-refractivity contribution >= 4 is 0 Å². The van der Waals surface area contributed by atoms with Gasteiger partial charge < -0.3 is 15.3 Å². The predicted molar refractivity (Wildman–Crippen MR) is 68.6 cm³/mol. The van der Waals surface area contributed by atoms with Crippen LogP contribution < -0.4 is 5.32 Å². The smallest absolute Gasteiger partial charge is 0.0445 e. The lowest BCUT2D eigenvalue weighted by Crippen LogP contribution is -2.41. The summed E-state index contributed by atoms with van der Waals surface area (Å²) in [6.07, 6.45) is 3.51. The maximum absolute atomic E-state index is 9.01. The molecule has 16 heavy (non-hydrogen) atoms. The molecule has 0 spiro atoms. The number of piperidine rings is 1. The summed E-state index contributed by atoms with van der Waals surface area (Å²) in [5, 5.41) is 12.6. The Bertz CT molecular complexity index is 177. The molecule has 3 nitrogen and oxygen atoms in total. The van der Waals surface area contributed by atoms with Crippen LogP contribution in [0.2, 0.25) is 0 Å². The maximum Gasteiger partial charge on any atom is 0.0445 e. The fraction of sp³-hybridized carbons (Fsp3) is 1.00. The molecular formula is C13H28N2O. The highest BCUT2D eigenvalue weighted by Crippen LogP contribution is 2.16. The zero-order valence-corrected chi connectivity index (χ0v) is 11.1. The predicted octanol–water partition coefficient (Wildman–Crippen LogP) is 1.32. The molecular weight excluding hydrogens is 200 g/mol. The van der Waals surface area contributed by atoms with Crippen LogP contribution in [0.1, 0.15) is 33.1 Å². The lowest BCUT2D eigenvalue weighted by atomic mass is 9.95. The van der Waals surface area contributed by atoms with Crippen LogP contribution in [0.15, 0.2) is 0 Å². The second kappa shape index (κ2) is 7.25. The molecule has 0 radical (unpaired) electrons. The van der Waals surface area contributed by atoms with Gasteiger partial charge in [-0.05, 0) is 57.8 Å². The maximum atomic E-state index is 9.01. The van der Waals surface area contributed by atoms with Gasteiger partial charge in [0.25, 0.3) is 0 Å². The Morgan fingerprint density at radius 3 is 2.44 bits per heavy atom. The third-order valence-corrected chi connectivity index (χ3v) is 3.75. The van der Waals surface area contributed by atoms with E-state index in [0.717, 1.165) is 18.9 Å². The molecule has 0 amide bonds. The molecule has 1 atom stereocenters. The summed E-state index contributed by atoms with van der Waals surface area (Å²) >= 11 is 0. The molecule has 1 fully saturated rings. The van der Waals surface area contributed by atoms with Crippen molar-refractivity contribution in [2.45, 2.75) is 39.2 Å². The lowest BCUT2D eigenvalue weighted by Gasteiger charge is -2.31. The topological polar surface area (TPSA) is 35.5 Å². The standard InChI is InChI=1S/C13H28N2O/c1-11(2)13(6-9-16)14-10-12-4-7-15(3)8-5-12/h11-14,16H,4-10H2,1-3H3. The first kappa shape index (κ1) is 13.9. The van der Waals surface area contributed by atoms with Crippen molar-refractivity contribution in [1.82, 2.24) is 10.2 Å². The Hall–Kier alpha value is -0.120. The van der Waals surface area contributed by atoms with Crippen LogP contribution in [0, 0.1) is 11.8 Å². The third kappa shape index (κ3) is 4.81. The molecule has 0 saturated carbocycles. The molecule has 1 aliphatic heterocycles. The SMILES string of the molecule is CC(C)C(CCO)NCC1CCN(C)CC1. The Kier molecular flexibility index (Phi) is 6.32. The fourth-order valence-electron chi connectivity index (χ4n) is 2.39. The highest BCUT2D eigenvalue weighted by atomic mass is 16.3. The molecule has 0 aliphatic carbocycles. The van der Waals surface area contributed by atoms with Crippen LogP contribution in [0.5, 0.6) is 0 Å². The van der Waals surface area contributed by atoms with E-state index in [-0.39, 0.29) is 0 Å². The Morgan fingerprint density at radius 2 is 1.94 bits per heavy atom. The number of nitrogens with zero attached hydrogens (tertiary/aromatic N) is 1. The number of hydrogen-bond acceptors (Lipinski definition) is 3. The lowest BCUT2D eigenvalue weighted by molar-refractivity contribution is 0.198. The van der Waals surface area contributed by atoms with Crippen LogP contribution in [-0.2, 0) is 0 Å². The van der Waals surface area contributed by atoms with Crippen LogP contribution in [0.25, 0.3) is 0 Å². The molecule has 1 saturated heterocycles. The summed E-state index contributed by atoms with van der Waals surface area (Å²) in [5.41, 5.74) is 0. The molecule has 1 unspecified atom stereocenters. The van der Waals surface area contributed by atoms with E-state index in [4.69, 9.17) is 5.11 Å². The van der Waals surface area contributed by atoms with Crippen molar-refractivity contribution < 1.29 is 5.11 Å². The Labute approximate surface area is 100 Å². The number of aliphatic hydroxyl groups is 1. The van der Waals surface area contributed by atoms with Crippen molar-refractivity contribution in [1.29, 1.82) is 0 Å². The van der Waals surface area contributed by atoms with Gasteiger partial charge in [-0.15, -0.1) is 0 Å². The van der Waals surface area contributed by atoms with E-state index in [1.165, 1.54) is 25.9 Å². The van der Waals surface area contributed by atoms with Gasteiger partial charge in [0.2, 0.25) is 0 Å². The molecule has 2 N–H and O–H groups in total. The second-order valence-electron chi connectivity index (χ2n) is 5.52. The summed E-state index contributed by atoms with van der Waals surface area (Å²) in [6, 6.07) is 0.477. The minimum Gasteiger partial charge on any atom is -0.396 e. The third-order valence-electron chi connectivity index (χ3n) is 3.75.